The topological polar surface area (TPSA) is 72.6 Å². The predicted octanol–water partition coefficient (Wildman–Crippen LogP) is 1.88. The maximum atomic E-state index is 12.4. The van der Waals surface area contributed by atoms with E-state index in [9.17, 15) is 9.59 Å². The second-order valence-electron chi connectivity index (χ2n) is 6.38. The third-order valence-electron chi connectivity index (χ3n) is 3.67. The number of ether oxygens (including phenoxy) is 1. The Morgan fingerprint density at radius 1 is 1.32 bits per heavy atom. The van der Waals surface area contributed by atoms with E-state index in [0.29, 0.717) is 24.4 Å². The van der Waals surface area contributed by atoms with Crippen LogP contribution in [-0.4, -0.2) is 43.8 Å². The second kappa shape index (κ2) is 7.40. The van der Waals surface area contributed by atoms with Crippen molar-refractivity contribution in [2.24, 2.45) is 11.1 Å². The van der Waals surface area contributed by atoms with Crippen molar-refractivity contribution in [1.29, 1.82) is 0 Å². The van der Waals surface area contributed by atoms with Crippen LogP contribution in [0.1, 0.15) is 36.7 Å². The molecule has 0 radical (unpaired) electrons. The number of nitrogens with two attached hydrogens (primary N) is 1. The van der Waals surface area contributed by atoms with Gasteiger partial charge < -0.3 is 15.4 Å². The minimum absolute atomic E-state index is 0.0273. The lowest BCUT2D eigenvalue weighted by molar-refractivity contribution is -0.130. The Labute approximate surface area is 132 Å². The van der Waals surface area contributed by atoms with Gasteiger partial charge in [0.15, 0.2) is 5.78 Å². The molecule has 22 heavy (non-hydrogen) atoms. The Balaban J connectivity index is 2.91. The normalized spacial score (nSPS) is 11.2. The zero-order chi connectivity index (χ0) is 16.9. The van der Waals surface area contributed by atoms with Crippen molar-refractivity contribution >= 4 is 11.7 Å². The largest absolute Gasteiger partial charge is 0.496 e. The number of amides is 1. The molecule has 5 nitrogen and oxygen atoms in total. The molecule has 1 amide bonds. The number of methoxy groups -OCH3 is 1. The smallest absolute Gasteiger partial charge is 0.226 e. The molecule has 0 aliphatic rings. The summed E-state index contributed by atoms with van der Waals surface area (Å²) < 4.78 is 5.28. The minimum Gasteiger partial charge on any atom is -0.496 e. The van der Waals surface area contributed by atoms with Gasteiger partial charge in [-0.25, -0.2) is 0 Å². The minimum atomic E-state index is -0.129. The quantitative estimate of drug-likeness (QED) is 0.781. The molecule has 0 spiro atoms. The van der Waals surface area contributed by atoms with E-state index >= 15 is 0 Å². The fourth-order valence-electron chi connectivity index (χ4n) is 2.23. The number of carbonyl (C=O) groups excluding carboxylic acids is 2. The molecule has 0 saturated carbocycles. The van der Waals surface area contributed by atoms with Crippen molar-refractivity contribution in [3.8, 4) is 5.75 Å². The van der Waals surface area contributed by atoms with Gasteiger partial charge in [0.25, 0.3) is 0 Å². The summed E-state index contributed by atoms with van der Waals surface area (Å²) >= 11 is 0. The summed E-state index contributed by atoms with van der Waals surface area (Å²) in [5, 5.41) is 0. The molecule has 0 heterocycles. The number of carbonyl (C=O) groups is 2. The van der Waals surface area contributed by atoms with E-state index in [4.69, 9.17) is 10.5 Å². The Kier molecular flexibility index (Phi) is 6.11. The van der Waals surface area contributed by atoms with Crippen LogP contribution in [0.15, 0.2) is 18.2 Å². The highest BCUT2D eigenvalue weighted by Crippen LogP contribution is 2.22. The molecular formula is C17H26N2O3. The van der Waals surface area contributed by atoms with E-state index in [-0.39, 0.29) is 23.5 Å². The maximum absolute atomic E-state index is 12.4. The second-order valence-corrected chi connectivity index (χ2v) is 6.38. The summed E-state index contributed by atoms with van der Waals surface area (Å²) in [5.41, 5.74) is 6.88. The summed E-state index contributed by atoms with van der Waals surface area (Å²) in [6.45, 7) is 6.63. The first-order valence-corrected chi connectivity index (χ1v) is 7.32. The monoisotopic (exact) mass is 306 g/mol. The summed E-state index contributed by atoms with van der Waals surface area (Å²) in [5.74, 6) is 0.555. The van der Waals surface area contributed by atoms with Gasteiger partial charge in [0.1, 0.15) is 5.75 Å². The molecule has 0 unspecified atom stereocenters. The van der Waals surface area contributed by atoms with Crippen molar-refractivity contribution < 1.29 is 14.3 Å². The first-order chi connectivity index (χ1) is 10.2. The van der Waals surface area contributed by atoms with Crippen LogP contribution in [-0.2, 0) is 11.2 Å². The Morgan fingerprint density at radius 3 is 2.45 bits per heavy atom. The van der Waals surface area contributed by atoms with Crippen LogP contribution in [0.2, 0.25) is 0 Å². The van der Waals surface area contributed by atoms with Crippen LogP contribution in [0.25, 0.3) is 0 Å². The SMILES string of the molecule is COc1ccc(C(C)=O)cc1CC(=O)N(C)CC(C)(C)CN. The number of Topliss-reactive ketones (excluding diaryl/α,β-unsaturated/α-hetero) is 1. The first kappa shape index (κ1) is 18.2. The van der Waals surface area contributed by atoms with Gasteiger partial charge in [-0.2, -0.15) is 0 Å². The molecule has 0 atom stereocenters. The van der Waals surface area contributed by atoms with E-state index in [2.05, 4.69) is 0 Å². The molecule has 0 bridgehead atoms. The van der Waals surface area contributed by atoms with Gasteiger partial charge in [-0.3, -0.25) is 9.59 Å². The van der Waals surface area contributed by atoms with Crippen molar-refractivity contribution in [3.63, 3.8) is 0 Å². The Hall–Kier alpha value is -1.88. The Morgan fingerprint density at radius 2 is 1.95 bits per heavy atom. The van der Waals surface area contributed by atoms with Crippen LogP contribution in [0.3, 0.4) is 0 Å². The molecular weight excluding hydrogens is 280 g/mol. The van der Waals surface area contributed by atoms with E-state index in [0.717, 1.165) is 5.56 Å². The highest BCUT2D eigenvalue weighted by Gasteiger charge is 2.22. The number of likely N-dealkylation sites (N-methyl/N-ethyl adjacent to an activating group) is 1. The summed E-state index contributed by atoms with van der Waals surface area (Å²) in [6.07, 6.45) is 0.196. The average Bonchev–Trinajstić information content (AvgIpc) is 2.46. The molecule has 0 saturated heterocycles. The van der Waals surface area contributed by atoms with Gasteiger partial charge in [-0.05, 0) is 37.1 Å². The number of ketones is 1. The van der Waals surface area contributed by atoms with Gasteiger partial charge in [-0.1, -0.05) is 13.8 Å². The average molecular weight is 306 g/mol. The van der Waals surface area contributed by atoms with Gasteiger partial charge >= 0.3 is 0 Å². The van der Waals surface area contributed by atoms with Crippen LogP contribution >= 0.6 is 0 Å². The number of benzene rings is 1. The summed E-state index contributed by atoms with van der Waals surface area (Å²) in [7, 11) is 3.32. The molecule has 1 aromatic carbocycles. The van der Waals surface area contributed by atoms with Gasteiger partial charge in [0.2, 0.25) is 5.91 Å². The van der Waals surface area contributed by atoms with Gasteiger partial charge in [-0.15, -0.1) is 0 Å². The molecule has 1 aromatic rings. The standard InChI is InChI=1S/C17H26N2O3/c1-12(20)13-6-7-15(22-5)14(8-13)9-16(21)19(4)11-17(2,3)10-18/h6-8H,9-11,18H2,1-5H3. The van der Waals surface area contributed by atoms with Crippen LogP contribution in [0, 0.1) is 5.41 Å². The molecule has 1 rings (SSSR count). The van der Waals surface area contributed by atoms with Crippen molar-refractivity contribution in [2.45, 2.75) is 27.2 Å². The summed E-state index contributed by atoms with van der Waals surface area (Å²) in [4.78, 5) is 25.6. The third-order valence-corrected chi connectivity index (χ3v) is 3.67. The molecule has 2 N–H and O–H groups in total. The van der Waals surface area contributed by atoms with Crippen LogP contribution in [0.5, 0.6) is 5.75 Å². The number of rotatable bonds is 7. The van der Waals surface area contributed by atoms with E-state index < -0.39 is 0 Å². The van der Waals surface area contributed by atoms with Crippen LogP contribution < -0.4 is 10.5 Å². The third kappa shape index (κ3) is 4.84. The molecule has 0 aromatic heterocycles. The number of nitrogens with zero attached hydrogens (tertiary/aromatic N) is 1. The van der Waals surface area contributed by atoms with Gasteiger partial charge in [0.05, 0.1) is 13.5 Å². The first-order valence-electron chi connectivity index (χ1n) is 7.32. The lowest BCUT2D eigenvalue weighted by Crippen LogP contribution is -2.40. The number of hydrogen-bond donors (Lipinski definition) is 1. The van der Waals surface area contributed by atoms with Crippen molar-refractivity contribution in [3.05, 3.63) is 29.3 Å². The fraction of sp³-hybridized carbons (Fsp3) is 0.529. The zero-order valence-corrected chi connectivity index (χ0v) is 14.1. The predicted molar refractivity (Wildman–Crippen MR) is 87.2 cm³/mol. The highest BCUT2D eigenvalue weighted by molar-refractivity contribution is 5.94. The molecule has 5 heteroatoms. The van der Waals surface area contributed by atoms with E-state index in [1.54, 1.807) is 37.3 Å². The molecule has 122 valence electrons. The lowest BCUT2D eigenvalue weighted by atomic mass is 9.93. The highest BCUT2D eigenvalue weighted by atomic mass is 16.5. The van der Waals surface area contributed by atoms with Gasteiger partial charge in [0, 0.05) is 24.7 Å². The zero-order valence-electron chi connectivity index (χ0n) is 14.1. The molecule has 0 aliphatic carbocycles. The van der Waals surface area contributed by atoms with Crippen molar-refractivity contribution in [1.82, 2.24) is 4.90 Å². The van der Waals surface area contributed by atoms with Crippen LogP contribution in [0.4, 0.5) is 0 Å². The van der Waals surface area contributed by atoms with Crippen molar-refractivity contribution in [2.75, 3.05) is 27.2 Å². The molecule has 0 aliphatic heterocycles. The Bertz CT molecular complexity index is 553. The maximum Gasteiger partial charge on any atom is 0.226 e. The summed E-state index contributed by atoms with van der Waals surface area (Å²) in [6, 6.07) is 5.15. The molecule has 0 fully saturated rings. The fourth-order valence-corrected chi connectivity index (χ4v) is 2.23. The number of hydrogen-bond acceptors (Lipinski definition) is 4. The lowest BCUT2D eigenvalue weighted by Gasteiger charge is -2.29. The van der Waals surface area contributed by atoms with E-state index in [1.165, 1.54) is 6.92 Å². The van der Waals surface area contributed by atoms with E-state index in [1.807, 2.05) is 13.8 Å².